The number of hydrogen-bond acceptors (Lipinski definition) is 4. The van der Waals surface area contributed by atoms with Crippen molar-refractivity contribution < 1.29 is 14.3 Å². The van der Waals surface area contributed by atoms with E-state index in [1.165, 1.54) is 0 Å². The Kier molecular flexibility index (Phi) is 10.4. The molecule has 6 heteroatoms. The standard InChI is InChI=1S/C25H34N2O3S/c1-5-23(25(29)26-17-19(2)3)27(18-20-10-9-11-21(16-20)30-4)24(28)14-15-31-22-12-7-6-8-13-22/h6-13,16,19,23H,5,14-15,17-18H2,1-4H3,(H,26,29)/t23-/m0/s1. The molecule has 0 aliphatic rings. The molecule has 0 saturated carbocycles. The number of carbonyl (C=O) groups excluding carboxylic acids is 2. The molecule has 0 aliphatic heterocycles. The zero-order valence-corrected chi connectivity index (χ0v) is 19.8. The van der Waals surface area contributed by atoms with Crippen LogP contribution in [-0.2, 0) is 16.1 Å². The Hall–Kier alpha value is -2.47. The number of rotatable bonds is 12. The molecule has 0 unspecified atom stereocenters. The fourth-order valence-corrected chi connectivity index (χ4v) is 4.09. The average Bonchev–Trinajstić information content (AvgIpc) is 2.78. The summed E-state index contributed by atoms with van der Waals surface area (Å²) >= 11 is 1.65. The fraction of sp³-hybridized carbons (Fsp3) is 0.440. The van der Waals surface area contributed by atoms with Gasteiger partial charge in [-0.2, -0.15) is 0 Å². The van der Waals surface area contributed by atoms with Crippen molar-refractivity contribution >= 4 is 23.6 Å². The number of nitrogens with one attached hydrogen (secondary N) is 1. The summed E-state index contributed by atoms with van der Waals surface area (Å²) in [7, 11) is 1.62. The molecule has 2 aromatic rings. The molecule has 0 saturated heterocycles. The van der Waals surface area contributed by atoms with E-state index in [2.05, 4.69) is 19.2 Å². The van der Waals surface area contributed by atoms with Gasteiger partial charge in [-0.05, 0) is 42.2 Å². The number of ether oxygens (including phenoxy) is 1. The van der Waals surface area contributed by atoms with Crippen LogP contribution in [-0.4, -0.2) is 42.2 Å². The van der Waals surface area contributed by atoms with Crippen LogP contribution >= 0.6 is 11.8 Å². The predicted octanol–water partition coefficient (Wildman–Crippen LogP) is 4.76. The van der Waals surface area contributed by atoms with E-state index in [1.807, 2.05) is 61.5 Å². The lowest BCUT2D eigenvalue weighted by atomic mass is 10.1. The summed E-state index contributed by atoms with van der Waals surface area (Å²) in [4.78, 5) is 29.0. The zero-order chi connectivity index (χ0) is 22.6. The summed E-state index contributed by atoms with van der Waals surface area (Å²) < 4.78 is 5.32. The van der Waals surface area contributed by atoms with E-state index in [0.29, 0.717) is 37.6 Å². The number of benzene rings is 2. The number of thioether (sulfide) groups is 1. The first kappa shape index (κ1) is 24.8. The van der Waals surface area contributed by atoms with Crippen LogP contribution in [0, 0.1) is 5.92 Å². The Bertz CT molecular complexity index is 827. The van der Waals surface area contributed by atoms with Gasteiger partial charge in [0, 0.05) is 30.2 Å². The van der Waals surface area contributed by atoms with Gasteiger partial charge >= 0.3 is 0 Å². The van der Waals surface area contributed by atoms with E-state index in [4.69, 9.17) is 4.74 Å². The molecule has 168 valence electrons. The lowest BCUT2D eigenvalue weighted by Crippen LogP contribution is -2.49. The van der Waals surface area contributed by atoms with Gasteiger partial charge in [0.1, 0.15) is 11.8 Å². The smallest absolute Gasteiger partial charge is 0.242 e. The number of carbonyl (C=O) groups is 2. The SMILES string of the molecule is CC[C@@H](C(=O)NCC(C)C)N(Cc1cccc(OC)c1)C(=O)CCSc1ccccc1. The van der Waals surface area contributed by atoms with Crippen LogP contribution in [0.25, 0.3) is 0 Å². The highest BCUT2D eigenvalue weighted by molar-refractivity contribution is 7.99. The van der Waals surface area contributed by atoms with Crippen LogP contribution in [0.1, 0.15) is 39.2 Å². The molecule has 2 amide bonds. The minimum absolute atomic E-state index is 0.0159. The lowest BCUT2D eigenvalue weighted by Gasteiger charge is -2.31. The van der Waals surface area contributed by atoms with Gasteiger partial charge in [-0.25, -0.2) is 0 Å². The monoisotopic (exact) mass is 442 g/mol. The third kappa shape index (κ3) is 8.29. The molecular formula is C25H34N2O3S. The molecule has 2 rings (SSSR count). The molecule has 0 fully saturated rings. The molecule has 0 spiro atoms. The topological polar surface area (TPSA) is 58.6 Å². The van der Waals surface area contributed by atoms with Crippen molar-refractivity contribution in [3.63, 3.8) is 0 Å². The Balaban J connectivity index is 2.14. The fourth-order valence-electron chi connectivity index (χ4n) is 3.23. The van der Waals surface area contributed by atoms with Gasteiger partial charge in [-0.15, -0.1) is 11.8 Å². The van der Waals surface area contributed by atoms with Crippen LogP contribution < -0.4 is 10.1 Å². The van der Waals surface area contributed by atoms with Crippen molar-refractivity contribution in [3.8, 4) is 5.75 Å². The Morgan fingerprint density at radius 3 is 2.48 bits per heavy atom. The second-order valence-electron chi connectivity index (χ2n) is 7.85. The highest BCUT2D eigenvalue weighted by atomic mass is 32.2. The van der Waals surface area contributed by atoms with Gasteiger partial charge in [0.2, 0.25) is 11.8 Å². The highest BCUT2D eigenvalue weighted by Crippen LogP contribution is 2.21. The van der Waals surface area contributed by atoms with E-state index in [9.17, 15) is 9.59 Å². The van der Waals surface area contributed by atoms with Gasteiger partial charge in [0.15, 0.2) is 0 Å². The molecule has 0 aliphatic carbocycles. The highest BCUT2D eigenvalue weighted by Gasteiger charge is 2.28. The average molecular weight is 443 g/mol. The second-order valence-corrected chi connectivity index (χ2v) is 9.02. The third-order valence-corrected chi connectivity index (χ3v) is 5.90. The van der Waals surface area contributed by atoms with Crippen LogP contribution in [0.15, 0.2) is 59.5 Å². The van der Waals surface area contributed by atoms with Crippen molar-refractivity contribution in [2.24, 2.45) is 5.92 Å². The van der Waals surface area contributed by atoms with Crippen LogP contribution in [0.4, 0.5) is 0 Å². The number of nitrogens with zero attached hydrogens (tertiary/aromatic N) is 1. The summed E-state index contributed by atoms with van der Waals surface area (Å²) in [6.07, 6.45) is 0.933. The van der Waals surface area contributed by atoms with E-state index >= 15 is 0 Å². The van der Waals surface area contributed by atoms with Gasteiger partial charge < -0.3 is 15.0 Å². The minimum Gasteiger partial charge on any atom is -0.497 e. The van der Waals surface area contributed by atoms with Crippen LogP contribution in [0.3, 0.4) is 0 Å². The van der Waals surface area contributed by atoms with Crippen molar-refractivity contribution in [2.45, 2.75) is 51.1 Å². The predicted molar refractivity (Wildman–Crippen MR) is 127 cm³/mol. The quantitative estimate of drug-likeness (QED) is 0.482. The molecule has 0 radical (unpaired) electrons. The number of amides is 2. The molecular weight excluding hydrogens is 408 g/mol. The van der Waals surface area contributed by atoms with Gasteiger partial charge in [-0.3, -0.25) is 9.59 Å². The molecule has 31 heavy (non-hydrogen) atoms. The first-order valence-electron chi connectivity index (χ1n) is 10.8. The molecule has 1 N–H and O–H groups in total. The molecule has 2 aromatic carbocycles. The first-order chi connectivity index (χ1) is 14.9. The Labute approximate surface area is 190 Å². The third-order valence-electron chi connectivity index (χ3n) is 4.89. The molecule has 0 bridgehead atoms. The van der Waals surface area contributed by atoms with Gasteiger partial charge in [0.05, 0.1) is 7.11 Å². The van der Waals surface area contributed by atoms with E-state index in [0.717, 1.165) is 16.2 Å². The number of hydrogen-bond donors (Lipinski definition) is 1. The Morgan fingerprint density at radius 1 is 1.10 bits per heavy atom. The van der Waals surface area contributed by atoms with E-state index < -0.39 is 6.04 Å². The maximum Gasteiger partial charge on any atom is 0.242 e. The Morgan fingerprint density at radius 2 is 1.84 bits per heavy atom. The van der Waals surface area contributed by atoms with E-state index in [-0.39, 0.29) is 11.8 Å². The second kappa shape index (κ2) is 13.1. The van der Waals surface area contributed by atoms with Crippen LogP contribution in [0.2, 0.25) is 0 Å². The summed E-state index contributed by atoms with van der Waals surface area (Å²) in [6.45, 7) is 7.03. The first-order valence-corrected chi connectivity index (χ1v) is 11.8. The summed E-state index contributed by atoms with van der Waals surface area (Å²) in [6, 6.07) is 17.2. The van der Waals surface area contributed by atoms with Crippen LogP contribution in [0.5, 0.6) is 5.75 Å². The molecule has 0 aromatic heterocycles. The van der Waals surface area contributed by atoms with Gasteiger partial charge in [0.25, 0.3) is 0 Å². The minimum atomic E-state index is -0.501. The maximum atomic E-state index is 13.2. The summed E-state index contributed by atoms with van der Waals surface area (Å²) in [5.41, 5.74) is 0.943. The summed E-state index contributed by atoms with van der Waals surface area (Å²) in [5.74, 6) is 1.65. The molecule has 5 nitrogen and oxygen atoms in total. The van der Waals surface area contributed by atoms with E-state index in [1.54, 1.807) is 23.8 Å². The van der Waals surface area contributed by atoms with Crippen molar-refractivity contribution in [3.05, 3.63) is 60.2 Å². The van der Waals surface area contributed by atoms with Crippen molar-refractivity contribution in [1.82, 2.24) is 10.2 Å². The largest absolute Gasteiger partial charge is 0.497 e. The number of methoxy groups -OCH3 is 1. The normalized spacial score (nSPS) is 11.8. The maximum absolute atomic E-state index is 13.2. The van der Waals surface area contributed by atoms with Crippen molar-refractivity contribution in [2.75, 3.05) is 19.4 Å². The summed E-state index contributed by atoms with van der Waals surface area (Å²) in [5, 5.41) is 3.00. The van der Waals surface area contributed by atoms with Crippen molar-refractivity contribution in [1.29, 1.82) is 0 Å². The van der Waals surface area contributed by atoms with Gasteiger partial charge in [-0.1, -0.05) is 51.1 Å². The zero-order valence-electron chi connectivity index (χ0n) is 19.0. The molecule has 0 heterocycles. The molecule has 1 atom stereocenters. The lowest BCUT2D eigenvalue weighted by molar-refractivity contribution is -0.141.